The van der Waals surface area contributed by atoms with Crippen molar-refractivity contribution in [3.63, 3.8) is 0 Å². The molecule has 0 aromatic heterocycles. The lowest BCUT2D eigenvalue weighted by atomic mass is 10.1. The molecule has 0 bridgehead atoms. The van der Waals surface area contributed by atoms with Gasteiger partial charge in [-0.2, -0.15) is 0 Å². The highest BCUT2D eigenvalue weighted by Crippen LogP contribution is 2.22. The van der Waals surface area contributed by atoms with Crippen molar-refractivity contribution in [1.82, 2.24) is 10.2 Å². The predicted octanol–water partition coefficient (Wildman–Crippen LogP) is 1.26. The number of rotatable bonds is 4. The van der Waals surface area contributed by atoms with Gasteiger partial charge in [0.25, 0.3) is 0 Å². The number of anilines is 1. The second-order valence-electron chi connectivity index (χ2n) is 4.81. The molecule has 110 valence electrons. The van der Waals surface area contributed by atoms with Gasteiger partial charge in [-0.3, -0.25) is 9.69 Å². The summed E-state index contributed by atoms with van der Waals surface area (Å²) in [5.41, 5.74) is 7.40. The predicted molar refractivity (Wildman–Crippen MR) is 79.6 cm³/mol. The summed E-state index contributed by atoms with van der Waals surface area (Å²) >= 11 is 6.19. The normalized spacial score (nSPS) is 19.8. The first-order valence-corrected chi connectivity index (χ1v) is 7.13. The van der Waals surface area contributed by atoms with Gasteiger partial charge in [-0.1, -0.05) is 11.6 Å². The number of benzene rings is 1. The van der Waals surface area contributed by atoms with Crippen LogP contribution in [-0.4, -0.2) is 43.2 Å². The van der Waals surface area contributed by atoms with Gasteiger partial charge in [-0.15, -0.1) is 0 Å². The molecule has 1 amide bonds. The van der Waals surface area contributed by atoms with E-state index in [0.29, 0.717) is 43.6 Å². The summed E-state index contributed by atoms with van der Waals surface area (Å²) < 4.78 is 5.41. The molecular formula is C14H20ClN3O2. The topological polar surface area (TPSA) is 67.6 Å². The van der Waals surface area contributed by atoms with Crippen LogP contribution in [0.25, 0.3) is 0 Å². The number of morpholine rings is 1. The molecule has 1 heterocycles. The molecular weight excluding hydrogens is 278 g/mol. The van der Waals surface area contributed by atoms with Crippen LogP contribution in [0.3, 0.4) is 0 Å². The van der Waals surface area contributed by atoms with E-state index in [2.05, 4.69) is 10.2 Å². The van der Waals surface area contributed by atoms with E-state index < -0.39 is 0 Å². The van der Waals surface area contributed by atoms with Crippen LogP contribution in [0.4, 0.5) is 5.69 Å². The van der Waals surface area contributed by atoms with Crippen LogP contribution in [-0.2, 0) is 16.1 Å². The lowest BCUT2D eigenvalue weighted by molar-refractivity contribution is -0.132. The smallest absolute Gasteiger partial charge is 0.239 e. The minimum absolute atomic E-state index is 0.00720. The molecule has 5 nitrogen and oxygen atoms in total. The zero-order valence-corrected chi connectivity index (χ0v) is 12.3. The molecule has 1 atom stereocenters. The maximum absolute atomic E-state index is 12.1. The third-order valence-electron chi connectivity index (χ3n) is 3.34. The Labute approximate surface area is 124 Å². The molecule has 0 saturated carbocycles. The Kier molecular flexibility index (Phi) is 5.23. The van der Waals surface area contributed by atoms with Crippen molar-refractivity contribution in [2.24, 2.45) is 0 Å². The Morgan fingerprint density at radius 3 is 3.15 bits per heavy atom. The highest BCUT2D eigenvalue weighted by atomic mass is 35.5. The molecule has 2 rings (SSSR count). The summed E-state index contributed by atoms with van der Waals surface area (Å²) in [6.45, 7) is 4.84. The number of hydrogen-bond acceptors (Lipinski definition) is 4. The Bertz CT molecular complexity index is 481. The summed E-state index contributed by atoms with van der Waals surface area (Å²) in [5, 5.41) is 3.51. The average molecular weight is 298 g/mol. The van der Waals surface area contributed by atoms with Crippen LogP contribution in [0.5, 0.6) is 0 Å². The SMILES string of the molecule is CCNC(=O)C1COCCN1Cc1cc(N)ccc1Cl. The highest BCUT2D eigenvalue weighted by Gasteiger charge is 2.29. The maximum atomic E-state index is 12.1. The number of likely N-dealkylation sites (N-methyl/N-ethyl adjacent to an activating group) is 1. The minimum atomic E-state index is -0.277. The Morgan fingerprint density at radius 1 is 1.60 bits per heavy atom. The number of nitrogens with one attached hydrogen (secondary N) is 1. The fraction of sp³-hybridized carbons (Fsp3) is 0.500. The molecule has 20 heavy (non-hydrogen) atoms. The molecule has 0 aliphatic carbocycles. The van der Waals surface area contributed by atoms with Gasteiger partial charge in [-0.05, 0) is 30.7 Å². The Morgan fingerprint density at radius 2 is 2.40 bits per heavy atom. The van der Waals surface area contributed by atoms with Gasteiger partial charge in [-0.25, -0.2) is 0 Å². The van der Waals surface area contributed by atoms with E-state index >= 15 is 0 Å². The van der Waals surface area contributed by atoms with Crippen LogP contribution in [0.1, 0.15) is 12.5 Å². The Balaban J connectivity index is 2.12. The van der Waals surface area contributed by atoms with E-state index in [1.165, 1.54) is 0 Å². The third kappa shape index (κ3) is 3.62. The van der Waals surface area contributed by atoms with Gasteiger partial charge < -0.3 is 15.8 Å². The molecule has 1 unspecified atom stereocenters. The summed E-state index contributed by atoms with van der Waals surface area (Å²) in [7, 11) is 0. The van der Waals surface area contributed by atoms with Crippen LogP contribution >= 0.6 is 11.6 Å². The Hall–Kier alpha value is -1.30. The molecule has 0 radical (unpaired) electrons. The van der Waals surface area contributed by atoms with Crippen molar-refractivity contribution in [2.45, 2.75) is 19.5 Å². The maximum Gasteiger partial charge on any atom is 0.239 e. The van der Waals surface area contributed by atoms with E-state index in [4.69, 9.17) is 22.1 Å². The first-order chi connectivity index (χ1) is 9.61. The fourth-order valence-electron chi connectivity index (χ4n) is 2.30. The van der Waals surface area contributed by atoms with Gasteiger partial charge >= 0.3 is 0 Å². The summed E-state index contributed by atoms with van der Waals surface area (Å²) in [4.78, 5) is 14.1. The van der Waals surface area contributed by atoms with Crippen LogP contribution < -0.4 is 11.1 Å². The van der Waals surface area contributed by atoms with Gasteiger partial charge in [0.05, 0.1) is 13.2 Å². The zero-order chi connectivity index (χ0) is 14.5. The van der Waals surface area contributed by atoms with Crippen molar-refractivity contribution >= 4 is 23.2 Å². The number of nitrogens with zero attached hydrogens (tertiary/aromatic N) is 1. The lowest BCUT2D eigenvalue weighted by Gasteiger charge is -2.34. The van der Waals surface area contributed by atoms with Gasteiger partial charge in [0.15, 0.2) is 0 Å². The van der Waals surface area contributed by atoms with E-state index in [1.54, 1.807) is 12.1 Å². The van der Waals surface area contributed by atoms with Crippen molar-refractivity contribution in [2.75, 3.05) is 32.0 Å². The van der Waals surface area contributed by atoms with Crippen molar-refractivity contribution in [3.05, 3.63) is 28.8 Å². The fourth-order valence-corrected chi connectivity index (χ4v) is 2.47. The monoisotopic (exact) mass is 297 g/mol. The van der Waals surface area contributed by atoms with Gasteiger partial charge in [0.1, 0.15) is 6.04 Å². The van der Waals surface area contributed by atoms with E-state index in [1.807, 2.05) is 13.0 Å². The zero-order valence-electron chi connectivity index (χ0n) is 11.6. The van der Waals surface area contributed by atoms with Gasteiger partial charge in [0, 0.05) is 30.3 Å². The number of halogens is 1. The van der Waals surface area contributed by atoms with Crippen LogP contribution in [0.2, 0.25) is 5.02 Å². The molecule has 1 fully saturated rings. The molecule has 1 aromatic carbocycles. The van der Waals surface area contributed by atoms with E-state index in [-0.39, 0.29) is 11.9 Å². The van der Waals surface area contributed by atoms with Crippen LogP contribution in [0, 0.1) is 0 Å². The molecule has 1 aliphatic rings. The molecule has 3 N–H and O–H groups in total. The third-order valence-corrected chi connectivity index (χ3v) is 3.70. The largest absolute Gasteiger partial charge is 0.399 e. The standard InChI is InChI=1S/C14H20ClN3O2/c1-2-17-14(19)13-9-20-6-5-18(13)8-10-7-11(16)3-4-12(10)15/h3-4,7,13H,2,5-6,8-9,16H2,1H3,(H,17,19). The van der Waals surface area contributed by atoms with Crippen molar-refractivity contribution in [1.29, 1.82) is 0 Å². The quantitative estimate of drug-likeness (QED) is 0.821. The number of nitrogen functional groups attached to an aromatic ring is 1. The van der Waals surface area contributed by atoms with Crippen molar-refractivity contribution < 1.29 is 9.53 Å². The number of nitrogens with two attached hydrogens (primary N) is 1. The van der Waals surface area contributed by atoms with Crippen LogP contribution in [0.15, 0.2) is 18.2 Å². The molecule has 6 heteroatoms. The summed E-state index contributed by atoms with van der Waals surface area (Å²) in [6, 6.07) is 5.13. The van der Waals surface area contributed by atoms with Crippen molar-refractivity contribution in [3.8, 4) is 0 Å². The van der Waals surface area contributed by atoms with E-state index in [9.17, 15) is 4.79 Å². The number of carbonyl (C=O) groups excluding carboxylic acids is 1. The number of hydrogen-bond donors (Lipinski definition) is 2. The van der Waals surface area contributed by atoms with Gasteiger partial charge in [0.2, 0.25) is 5.91 Å². The minimum Gasteiger partial charge on any atom is -0.399 e. The molecule has 1 saturated heterocycles. The number of amides is 1. The molecule has 1 aliphatic heterocycles. The van der Waals surface area contributed by atoms with E-state index in [0.717, 1.165) is 5.56 Å². The molecule has 1 aromatic rings. The second kappa shape index (κ2) is 6.92. The number of ether oxygens (including phenoxy) is 1. The number of carbonyl (C=O) groups is 1. The second-order valence-corrected chi connectivity index (χ2v) is 5.21. The lowest BCUT2D eigenvalue weighted by Crippen LogP contribution is -2.53. The first-order valence-electron chi connectivity index (χ1n) is 6.75. The molecule has 0 spiro atoms. The summed E-state index contributed by atoms with van der Waals surface area (Å²) in [6.07, 6.45) is 0. The highest BCUT2D eigenvalue weighted by molar-refractivity contribution is 6.31. The first kappa shape index (κ1) is 15.1. The summed E-state index contributed by atoms with van der Waals surface area (Å²) in [5.74, 6) is -0.00720. The average Bonchev–Trinajstić information content (AvgIpc) is 2.44.